The standard InChI is InChI=1S/C25H35N5O/c1-19-11-15-29(16-12-19)18-23-7-5-22(6-8-23)17-27-25(31)10-9-24-20(2)28-30(21(24)3)14-4-13-26/h5-8,19H,4,9-12,14-18H2,1-3H3,(H,27,31). The molecule has 6 heteroatoms. The fraction of sp³-hybridized carbons (Fsp3) is 0.560. The lowest BCUT2D eigenvalue weighted by molar-refractivity contribution is -0.121. The van der Waals surface area contributed by atoms with Crippen LogP contribution in [-0.2, 0) is 30.8 Å². The summed E-state index contributed by atoms with van der Waals surface area (Å²) in [5, 5.41) is 16.3. The number of benzene rings is 1. The number of amides is 1. The van der Waals surface area contributed by atoms with Crippen LogP contribution in [0.2, 0.25) is 0 Å². The molecule has 0 bridgehead atoms. The Morgan fingerprint density at radius 1 is 1.19 bits per heavy atom. The summed E-state index contributed by atoms with van der Waals surface area (Å²) in [7, 11) is 0. The summed E-state index contributed by atoms with van der Waals surface area (Å²) in [6.07, 6.45) is 4.14. The van der Waals surface area contributed by atoms with Gasteiger partial charge < -0.3 is 5.32 Å². The molecule has 0 atom stereocenters. The Hall–Kier alpha value is -2.65. The summed E-state index contributed by atoms with van der Waals surface area (Å²) in [5.41, 5.74) is 5.58. The molecule has 0 saturated carbocycles. The molecule has 0 aliphatic carbocycles. The van der Waals surface area contributed by atoms with Gasteiger partial charge >= 0.3 is 0 Å². The molecular weight excluding hydrogens is 386 g/mol. The van der Waals surface area contributed by atoms with Gasteiger partial charge in [-0.25, -0.2) is 0 Å². The molecule has 1 N–H and O–H groups in total. The number of nitrogens with one attached hydrogen (secondary N) is 1. The normalized spacial score (nSPS) is 15.0. The van der Waals surface area contributed by atoms with Crippen molar-refractivity contribution in [3.63, 3.8) is 0 Å². The molecule has 2 heterocycles. The molecule has 1 saturated heterocycles. The molecule has 3 rings (SSSR count). The van der Waals surface area contributed by atoms with Crippen molar-refractivity contribution in [1.82, 2.24) is 20.0 Å². The maximum Gasteiger partial charge on any atom is 0.220 e. The number of nitriles is 1. The van der Waals surface area contributed by atoms with Gasteiger partial charge in [0.1, 0.15) is 0 Å². The van der Waals surface area contributed by atoms with Crippen molar-refractivity contribution in [2.24, 2.45) is 5.92 Å². The van der Waals surface area contributed by atoms with Crippen LogP contribution in [0.3, 0.4) is 0 Å². The first-order valence-electron chi connectivity index (χ1n) is 11.4. The highest BCUT2D eigenvalue weighted by molar-refractivity contribution is 5.76. The first-order valence-corrected chi connectivity index (χ1v) is 11.4. The molecule has 0 unspecified atom stereocenters. The largest absolute Gasteiger partial charge is 0.352 e. The van der Waals surface area contributed by atoms with Gasteiger partial charge in [-0.3, -0.25) is 14.4 Å². The van der Waals surface area contributed by atoms with Gasteiger partial charge in [-0.1, -0.05) is 31.2 Å². The lowest BCUT2D eigenvalue weighted by atomic mass is 9.99. The highest BCUT2D eigenvalue weighted by Crippen LogP contribution is 2.18. The summed E-state index contributed by atoms with van der Waals surface area (Å²) in [6.45, 7) is 10.9. The van der Waals surface area contributed by atoms with Crippen molar-refractivity contribution in [1.29, 1.82) is 5.26 Å². The second-order valence-corrected chi connectivity index (χ2v) is 8.83. The van der Waals surface area contributed by atoms with Gasteiger partial charge in [0.15, 0.2) is 0 Å². The van der Waals surface area contributed by atoms with Gasteiger partial charge in [0.05, 0.1) is 24.7 Å². The first-order chi connectivity index (χ1) is 15.0. The van der Waals surface area contributed by atoms with E-state index in [1.165, 1.54) is 31.5 Å². The molecular formula is C25H35N5O. The van der Waals surface area contributed by atoms with Crippen molar-refractivity contribution in [3.8, 4) is 6.07 Å². The molecule has 0 spiro atoms. The average Bonchev–Trinajstić information content (AvgIpc) is 3.04. The lowest BCUT2D eigenvalue weighted by Crippen LogP contribution is -2.32. The number of hydrogen-bond acceptors (Lipinski definition) is 4. The molecule has 6 nitrogen and oxygen atoms in total. The van der Waals surface area contributed by atoms with Crippen LogP contribution in [-0.4, -0.2) is 33.7 Å². The molecule has 31 heavy (non-hydrogen) atoms. The number of piperidine rings is 1. The molecule has 1 aromatic heterocycles. The van der Waals surface area contributed by atoms with Crippen LogP contribution >= 0.6 is 0 Å². The summed E-state index contributed by atoms with van der Waals surface area (Å²) in [4.78, 5) is 14.9. The van der Waals surface area contributed by atoms with E-state index in [1.54, 1.807) is 0 Å². The van der Waals surface area contributed by atoms with E-state index in [1.807, 2.05) is 18.5 Å². The van der Waals surface area contributed by atoms with Crippen LogP contribution in [0.4, 0.5) is 0 Å². The highest BCUT2D eigenvalue weighted by atomic mass is 16.1. The van der Waals surface area contributed by atoms with E-state index in [9.17, 15) is 4.79 Å². The fourth-order valence-electron chi connectivity index (χ4n) is 4.24. The number of hydrogen-bond donors (Lipinski definition) is 1. The zero-order valence-electron chi connectivity index (χ0n) is 19.2. The minimum Gasteiger partial charge on any atom is -0.352 e. The van der Waals surface area contributed by atoms with Gasteiger partial charge in [-0.05, 0) is 68.8 Å². The third kappa shape index (κ3) is 6.67. The second kappa shape index (κ2) is 11.1. The zero-order chi connectivity index (χ0) is 22.2. The summed E-state index contributed by atoms with van der Waals surface area (Å²) in [6, 6.07) is 10.8. The SMILES string of the molecule is Cc1nn(CCC#N)c(C)c1CCC(=O)NCc1ccc(CN2CCC(C)CC2)cc1. The van der Waals surface area contributed by atoms with E-state index in [2.05, 4.69) is 52.6 Å². The van der Waals surface area contributed by atoms with Crippen LogP contribution in [0.25, 0.3) is 0 Å². The van der Waals surface area contributed by atoms with Crippen LogP contribution in [0.15, 0.2) is 24.3 Å². The number of aromatic nitrogens is 2. The van der Waals surface area contributed by atoms with Gasteiger partial charge in [0.2, 0.25) is 5.91 Å². The molecule has 1 aliphatic heterocycles. The number of rotatable bonds is 9. The molecule has 2 aromatic rings. The van der Waals surface area contributed by atoms with Gasteiger partial charge in [0, 0.05) is 25.2 Å². The quantitative estimate of drug-likeness (QED) is 0.666. The second-order valence-electron chi connectivity index (χ2n) is 8.83. The Morgan fingerprint density at radius 2 is 1.87 bits per heavy atom. The maximum atomic E-state index is 12.4. The summed E-state index contributed by atoms with van der Waals surface area (Å²) in [5.74, 6) is 0.907. The Bertz CT molecular complexity index is 901. The first kappa shape index (κ1) is 23.0. The Kier molecular flexibility index (Phi) is 8.25. The van der Waals surface area contributed by atoms with Crippen molar-refractivity contribution in [2.45, 2.75) is 72.5 Å². The Labute approximate surface area is 186 Å². The smallest absolute Gasteiger partial charge is 0.220 e. The minimum atomic E-state index is 0.0510. The van der Waals surface area contributed by atoms with Crippen molar-refractivity contribution in [2.75, 3.05) is 13.1 Å². The molecule has 1 aliphatic rings. The number of carbonyl (C=O) groups excluding carboxylic acids is 1. The monoisotopic (exact) mass is 421 g/mol. The van der Waals surface area contributed by atoms with Crippen LogP contribution in [0.5, 0.6) is 0 Å². The fourth-order valence-corrected chi connectivity index (χ4v) is 4.24. The Balaban J connectivity index is 1.43. The van der Waals surface area contributed by atoms with E-state index < -0.39 is 0 Å². The van der Waals surface area contributed by atoms with Crippen LogP contribution in [0, 0.1) is 31.1 Å². The third-order valence-electron chi connectivity index (χ3n) is 6.36. The van der Waals surface area contributed by atoms with Crippen molar-refractivity contribution >= 4 is 5.91 Å². The van der Waals surface area contributed by atoms with E-state index in [0.29, 0.717) is 32.4 Å². The number of likely N-dealkylation sites (tertiary alicyclic amines) is 1. The van der Waals surface area contributed by atoms with Gasteiger partial charge in [0.25, 0.3) is 0 Å². The number of nitrogens with zero attached hydrogens (tertiary/aromatic N) is 4. The van der Waals surface area contributed by atoms with Gasteiger partial charge in [-0.2, -0.15) is 10.4 Å². The Morgan fingerprint density at radius 3 is 2.55 bits per heavy atom. The predicted octanol–water partition coefficient (Wildman–Crippen LogP) is 3.89. The lowest BCUT2D eigenvalue weighted by Gasteiger charge is -2.30. The maximum absolute atomic E-state index is 12.4. The molecule has 1 aromatic carbocycles. The summed E-state index contributed by atoms with van der Waals surface area (Å²) < 4.78 is 1.87. The molecule has 166 valence electrons. The average molecular weight is 422 g/mol. The topological polar surface area (TPSA) is 73.9 Å². The third-order valence-corrected chi connectivity index (χ3v) is 6.36. The molecule has 1 fully saturated rings. The van der Waals surface area contributed by atoms with E-state index >= 15 is 0 Å². The zero-order valence-corrected chi connectivity index (χ0v) is 19.2. The molecule has 0 radical (unpaired) electrons. The number of aryl methyl sites for hydroxylation is 2. The van der Waals surface area contributed by atoms with E-state index in [-0.39, 0.29) is 5.91 Å². The van der Waals surface area contributed by atoms with Crippen molar-refractivity contribution < 1.29 is 4.79 Å². The van der Waals surface area contributed by atoms with Crippen LogP contribution in [0.1, 0.15) is 60.7 Å². The number of carbonyl (C=O) groups is 1. The minimum absolute atomic E-state index is 0.0510. The van der Waals surface area contributed by atoms with E-state index in [0.717, 1.165) is 35.0 Å². The molecule has 1 amide bonds. The van der Waals surface area contributed by atoms with Crippen molar-refractivity contribution in [3.05, 3.63) is 52.3 Å². The van der Waals surface area contributed by atoms with Gasteiger partial charge in [-0.15, -0.1) is 0 Å². The summed E-state index contributed by atoms with van der Waals surface area (Å²) >= 11 is 0. The van der Waals surface area contributed by atoms with Crippen LogP contribution < -0.4 is 5.32 Å². The predicted molar refractivity (Wildman–Crippen MR) is 122 cm³/mol. The highest BCUT2D eigenvalue weighted by Gasteiger charge is 2.16. The van der Waals surface area contributed by atoms with E-state index in [4.69, 9.17) is 5.26 Å².